The van der Waals surface area contributed by atoms with Gasteiger partial charge < -0.3 is 5.32 Å². The first-order valence-corrected chi connectivity index (χ1v) is 7.05. The van der Waals surface area contributed by atoms with E-state index in [0.717, 1.165) is 45.2 Å². The Hall–Kier alpha value is -1.15. The molecule has 1 aromatic rings. The van der Waals surface area contributed by atoms with Crippen molar-refractivity contribution in [2.45, 2.75) is 32.1 Å². The molecule has 0 amide bonds. The Labute approximate surface area is 109 Å². The molecule has 96 valence electrons. The number of carbonyl (C=O) groups is 1. The summed E-state index contributed by atoms with van der Waals surface area (Å²) in [6.07, 6.45) is 4.90. The summed E-state index contributed by atoms with van der Waals surface area (Å²) in [6.45, 7) is 2.16. The van der Waals surface area contributed by atoms with Gasteiger partial charge in [0.1, 0.15) is 5.78 Å². The number of hydrogen-bond donors (Lipinski definition) is 1. The lowest BCUT2D eigenvalue weighted by Gasteiger charge is -2.47. The fraction of sp³-hybridized carbons (Fsp3) is 0.562. The van der Waals surface area contributed by atoms with Gasteiger partial charge in [0.25, 0.3) is 0 Å². The van der Waals surface area contributed by atoms with Crippen LogP contribution in [0.4, 0.5) is 0 Å². The molecule has 3 rings (SSSR count). The number of nitrogens with one attached hydrogen (secondary N) is 1. The zero-order valence-corrected chi connectivity index (χ0v) is 10.8. The lowest BCUT2D eigenvalue weighted by molar-refractivity contribution is -0.127. The van der Waals surface area contributed by atoms with Gasteiger partial charge in [0, 0.05) is 12.8 Å². The quantitative estimate of drug-likeness (QED) is 0.865. The molecular formula is C16H21NO. The van der Waals surface area contributed by atoms with Gasteiger partial charge in [0.05, 0.1) is 0 Å². The van der Waals surface area contributed by atoms with Crippen molar-refractivity contribution in [3.63, 3.8) is 0 Å². The van der Waals surface area contributed by atoms with Gasteiger partial charge in [-0.15, -0.1) is 0 Å². The van der Waals surface area contributed by atoms with E-state index in [0.29, 0.717) is 11.7 Å². The lowest BCUT2D eigenvalue weighted by Crippen LogP contribution is -2.49. The SMILES string of the molecule is O=C1CCC2CNCCC2(Cc2ccccc2)C1. The number of Topliss-reactive ketones (excluding diaryl/α,β-unsaturated/α-hetero) is 1. The smallest absolute Gasteiger partial charge is 0.133 e. The van der Waals surface area contributed by atoms with Gasteiger partial charge >= 0.3 is 0 Å². The average molecular weight is 243 g/mol. The molecule has 2 fully saturated rings. The predicted octanol–water partition coefficient (Wildman–Crippen LogP) is 2.58. The molecule has 2 nitrogen and oxygen atoms in total. The van der Waals surface area contributed by atoms with Crippen LogP contribution < -0.4 is 5.32 Å². The molecule has 1 saturated heterocycles. The van der Waals surface area contributed by atoms with Crippen molar-refractivity contribution in [1.29, 1.82) is 0 Å². The van der Waals surface area contributed by atoms with E-state index in [4.69, 9.17) is 0 Å². The van der Waals surface area contributed by atoms with Crippen LogP contribution in [0.1, 0.15) is 31.2 Å². The highest BCUT2D eigenvalue weighted by molar-refractivity contribution is 5.80. The molecule has 1 aromatic carbocycles. The zero-order chi connectivity index (χ0) is 12.4. The van der Waals surface area contributed by atoms with Gasteiger partial charge in [-0.1, -0.05) is 30.3 Å². The van der Waals surface area contributed by atoms with Crippen molar-refractivity contribution in [3.05, 3.63) is 35.9 Å². The first-order chi connectivity index (χ1) is 8.78. The van der Waals surface area contributed by atoms with Crippen LogP contribution in [0.25, 0.3) is 0 Å². The molecule has 2 aliphatic rings. The van der Waals surface area contributed by atoms with Gasteiger partial charge in [-0.25, -0.2) is 0 Å². The van der Waals surface area contributed by atoms with Gasteiger partial charge in [-0.2, -0.15) is 0 Å². The van der Waals surface area contributed by atoms with Crippen molar-refractivity contribution in [2.75, 3.05) is 13.1 Å². The maximum atomic E-state index is 11.9. The number of rotatable bonds is 2. The van der Waals surface area contributed by atoms with Crippen LogP contribution in [0, 0.1) is 11.3 Å². The summed E-state index contributed by atoms with van der Waals surface area (Å²) < 4.78 is 0. The van der Waals surface area contributed by atoms with Crippen LogP contribution >= 0.6 is 0 Å². The van der Waals surface area contributed by atoms with E-state index in [1.165, 1.54) is 5.56 Å². The van der Waals surface area contributed by atoms with E-state index in [2.05, 4.69) is 35.6 Å². The molecule has 2 heteroatoms. The third-order valence-electron chi connectivity index (χ3n) is 4.78. The number of benzene rings is 1. The molecule has 0 bridgehead atoms. The molecule has 1 N–H and O–H groups in total. The van der Waals surface area contributed by atoms with Gasteiger partial charge in [-0.05, 0) is 49.2 Å². The van der Waals surface area contributed by atoms with E-state index in [1.54, 1.807) is 0 Å². The highest BCUT2D eigenvalue weighted by Gasteiger charge is 2.44. The van der Waals surface area contributed by atoms with Gasteiger partial charge in [0.15, 0.2) is 0 Å². The second kappa shape index (κ2) is 4.85. The van der Waals surface area contributed by atoms with Crippen LogP contribution in [0.15, 0.2) is 30.3 Å². The molecule has 0 radical (unpaired) electrons. The van der Waals surface area contributed by atoms with E-state index in [9.17, 15) is 4.79 Å². The normalized spacial score (nSPS) is 32.0. The van der Waals surface area contributed by atoms with Crippen LogP contribution in [0.3, 0.4) is 0 Å². The van der Waals surface area contributed by atoms with Crippen molar-refractivity contribution in [3.8, 4) is 0 Å². The fourth-order valence-corrected chi connectivity index (χ4v) is 3.79. The van der Waals surface area contributed by atoms with E-state index in [1.807, 2.05) is 0 Å². The fourth-order valence-electron chi connectivity index (χ4n) is 3.79. The Morgan fingerprint density at radius 2 is 2.11 bits per heavy atom. The van der Waals surface area contributed by atoms with E-state index in [-0.39, 0.29) is 5.41 Å². The summed E-state index contributed by atoms with van der Waals surface area (Å²) in [5.41, 5.74) is 1.63. The standard InChI is InChI=1S/C16H21NO/c18-15-7-6-14-12-17-9-8-16(14,11-15)10-13-4-2-1-3-5-13/h1-5,14,17H,6-12H2. The highest BCUT2D eigenvalue weighted by atomic mass is 16.1. The Morgan fingerprint density at radius 3 is 2.94 bits per heavy atom. The molecular weight excluding hydrogens is 222 g/mol. The minimum Gasteiger partial charge on any atom is -0.316 e. The molecule has 1 aliphatic carbocycles. The summed E-state index contributed by atoms with van der Waals surface area (Å²) in [6, 6.07) is 10.7. The van der Waals surface area contributed by atoms with Gasteiger partial charge in [-0.3, -0.25) is 4.79 Å². The zero-order valence-electron chi connectivity index (χ0n) is 10.8. The highest BCUT2D eigenvalue weighted by Crippen LogP contribution is 2.46. The molecule has 1 aliphatic heterocycles. The third kappa shape index (κ3) is 2.22. The van der Waals surface area contributed by atoms with Crippen LogP contribution in [0.2, 0.25) is 0 Å². The molecule has 2 unspecified atom stereocenters. The second-order valence-electron chi connectivity index (χ2n) is 5.93. The Kier molecular flexibility index (Phi) is 3.21. The average Bonchev–Trinajstić information content (AvgIpc) is 2.39. The summed E-state index contributed by atoms with van der Waals surface area (Å²) in [4.78, 5) is 11.9. The van der Waals surface area contributed by atoms with E-state index < -0.39 is 0 Å². The number of fused-ring (bicyclic) bond motifs is 1. The monoisotopic (exact) mass is 243 g/mol. The number of piperidine rings is 1. The largest absolute Gasteiger partial charge is 0.316 e. The third-order valence-corrected chi connectivity index (χ3v) is 4.78. The molecule has 0 spiro atoms. The summed E-state index contributed by atoms with van der Waals surface area (Å²) in [7, 11) is 0. The van der Waals surface area contributed by atoms with Crippen molar-refractivity contribution in [2.24, 2.45) is 11.3 Å². The second-order valence-corrected chi connectivity index (χ2v) is 5.93. The number of ketones is 1. The summed E-state index contributed by atoms with van der Waals surface area (Å²) in [5.74, 6) is 1.16. The predicted molar refractivity (Wildman–Crippen MR) is 72.4 cm³/mol. The number of hydrogen-bond acceptors (Lipinski definition) is 2. The summed E-state index contributed by atoms with van der Waals surface area (Å²) >= 11 is 0. The van der Waals surface area contributed by atoms with E-state index >= 15 is 0 Å². The Bertz CT molecular complexity index is 428. The van der Waals surface area contributed by atoms with Crippen molar-refractivity contribution >= 4 is 5.78 Å². The van der Waals surface area contributed by atoms with Crippen LogP contribution in [0.5, 0.6) is 0 Å². The molecule has 1 heterocycles. The maximum absolute atomic E-state index is 11.9. The molecule has 1 saturated carbocycles. The molecule has 18 heavy (non-hydrogen) atoms. The topological polar surface area (TPSA) is 29.1 Å². The Balaban J connectivity index is 1.86. The van der Waals surface area contributed by atoms with Crippen molar-refractivity contribution in [1.82, 2.24) is 5.32 Å². The molecule has 2 atom stereocenters. The lowest BCUT2D eigenvalue weighted by atomic mass is 9.60. The van der Waals surface area contributed by atoms with Gasteiger partial charge in [0.2, 0.25) is 0 Å². The van der Waals surface area contributed by atoms with Crippen LogP contribution in [-0.4, -0.2) is 18.9 Å². The minimum atomic E-state index is 0.238. The first kappa shape index (κ1) is 11.9. The Morgan fingerprint density at radius 1 is 1.28 bits per heavy atom. The maximum Gasteiger partial charge on any atom is 0.133 e. The first-order valence-electron chi connectivity index (χ1n) is 7.05. The molecule has 0 aromatic heterocycles. The van der Waals surface area contributed by atoms with Crippen molar-refractivity contribution < 1.29 is 4.79 Å². The minimum absolute atomic E-state index is 0.238. The number of carbonyl (C=O) groups excluding carboxylic acids is 1. The van der Waals surface area contributed by atoms with Crippen LogP contribution in [-0.2, 0) is 11.2 Å². The summed E-state index contributed by atoms with van der Waals surface area (Å²) in [5, 5.41) is 3.50.